The number of fused-ring (bicyclic) bond motifs is 1. The molecule has 0 aliphatic carbocycles. The summed E-state index contributed by atoms with van der Waals surface area (Å²) < 4.78 is 0. The number of hydrogen-bond donors (Lipinski definition) is 1. The summed E-state index contributed by atoms with van der Waals surface area (Å²) in [4.78, 5) is 33.6. The van der Waals surface area contributed by atoms with E-state index in [4.69, 9.17) is 0 Å². The molecule has 166 valence electrons. The molecule has 1 aromatic heterocycles. The molecule has 0 aromatic carbocycles. The zero-order valence-corrected chi connectivity index (χ0v) is 19.7. The van der Waals surface area contributed by atoms with Crippen LogP contribution in [0.1, 0.15) is 50.8 Å². The predicted octanol–water partition coefficient (Wildman–Crippen LogP) is 3.40. The molecule has 1 saturated heterocycles. The first-order chi connectivity index (χ1) is 14.3. The van der Waals surface area contributed by atoms with Crippen molar-refractivity contribution in [3.63, 3.8) is 0 Å². The number of nitrogens with zero attached hydrogens (tertiary/aromatic N) is 3. The van der Waals surface area contributed by atoms with Crippen LogP contribution in [0, 0.1) is 25.7 Å². The molecular weight excluding hydrogens is 396 g/mol. The van der Waals surface area contributed by atoms with Gasteiger partial charge in [0, 0.05) is 38.3 Å². The van der Waals surface area contributed by atoms with E-state index < -0.39 is 0 Å². The number of anilines is 1. The van der Waals surface area contributed by atoms with Crippen LogP contribution in [0.15, 0.2) is 11.1 Å². The van der Waals surface area contributed by atoms with E-state index in [-0.39, 0.29) is 11.8 Å². The fraction of sp³-hybridized carbons (Fsp3) is 0.696. The highest BCUT2D eigenvalue weighted by atomic mass is 32.2. The largest absolute Gasteiger partial charge is 0.356 e. The van der Waals surface area contributed by atoms with E-state index >= 15 is 0 Å². The van der Waals surface area contributed by atoms with Gasteiger partial charge in [0.25, 0.3) is 0 Å². The molecule has 7 heteroatoms. The Morgan fingerprint density at radius 2 is 1.93 bits per heavy atom. The van der Waals surface area contributed by atoms with Gasteiger partial charge in [-0.2, -0.15) is 0 Å². The second-order valence-corrected chi connectivity index (χ2v) is 10.0. The third-order valence-corrected chi connectivity index (χ3v) is 6.84. The predicted molar refractivity (Wildman–Crippen MR) is 123 cm³/mol. The first-order valence-electron chi connectivity index (χ1n) is 11.2. The standard InChI is InChI=1S/C23H36N4O2S/c1-16-11-17(2)14-26(13-16)9-6-8-24-20(28)7-5-10-27-21(29)15-30-23-22(27)18(3)12-19(4)25-23/h12,16-17H,5-11,13-15H2,1-4H3,(H,24,28)/t16-,17+. The normalized spacial score (nSPS) is 22.1. The van der Waals surface area contributed by atoms with Crippen LogP contribution in [-0.4, -0.2) is 60.2 Å². The molecule has 1 aromatic rings. The molecule has 3 heterocycles. The second kappa shape index (κ2) is 10.6. The van der Waals surface area contributed by atoms with Crippen molar-refractivity contribution in [3.05, 3.63) is 17.3 Å². The van der Waals surface area contributed by atoms with E-state index in [0.717, 1.165) is 53.3 Å². The van der Waals surface area contributed by atoms with Gasteiger partial charge in [0.15, 0.2) is 0 Å². The third kappa shape index (κ3) is 6.20. The number of hydrogen-bond acceptors (Lipinski definition) is 5. The van der Waals surface area contributed by atoms with Gasteiger partial charge in [-0.25, -0.2) is 4.98 Å². The molecule has 30 heavy (non-hydrogen) atoms. The highest BCUT2D eigenvalue weighted by Gasteiger charge is 2.27. The van der Waals surface area contributed by atoms with Crippen molar-refractivity contribution in [2.24, 2.45) is 11.8 Å². The number of carbonyl (C=O) groups excluding carboxylic acids is 2. The van der Waals surface area contributed by atoms with Crippen molar-refractivity contribution in [2.75, 3.05) is 43.4 Å². The van der Waals surface area contributed by atoms with Gasteiger partial charge in [0.1, 0.15) is 5.03 Å². The monoisotopic (exact) mass is 432 g/mol. The van der Waals surface area contributed by atoms with Crippen LogP contribution >= 0.6 is 11.8 Å². The summed E-state index contributed by atoms with van der Waals surface area (Å²) in [5.74, 6) is 2.14. The first-order valence-corrected chi connectivity index (χ1v) is 12.2. The van der Waals surface area contributed by atoms with E-state index in [9.17, 15) is 9.59 Å². The maximum absolute atomic E-state index is 12.4. The molecular formula is C23H36N4O2S. The molecule has 0 spiro atoms. The minimum Gasteiger partial charge on any atom is -0.356 e. The average Bonchev–Trinajstić information content (AvgIpc) is 2.66. The zero-order valence-electron chi connectivity index (χ0n) is 18.9. The molecule has 2 aliphatic rings. The van der Waals surface area contributed by atoms with Crippen molar-refractivity contribution < 1.29 is 9.59 Å². The van der Waals surface area contributed by atoms with Crippen LogP contribution < -0.4 is 10.2 Å². The number of carbonyl (C=O) groups is 2. The topological polar surface area (TPSA) is 65.5 Å². The van der Waals surface area contributed by atoms with Crippen LogP contribution in [0.25, 0.3) is 0 Å². The van der Waals surface area contributed by atoms with E-state index in [2.05, 4.69) is 29.0 Å². The van der Waals surface area contributed by atoms with Gasteiger partial charge in [-0.15, -0.1) is 0 Å². The highest BCUT2D eigenvalue weighted by Crippen LogP contribution is 2.36. The quantitative estimate of drug-likeness (QED) is 0.638. The van der Waals surface area contributed by atoms with Crippen molar-refractivity contribution in [1.29, 1.82) is 0 Å². The Morgan fingerprint density at radius 1 is 1.20 bits per heavy atom. The number of piperidine rings is 1. The minimum atomic E-state index is 0.0770. The van der Waals surface area contributed by atoms with Crippen LogP contribution in [0.4, 0.5) is 5.69 Å². The third-order valence-electron chi connectivity index (χ3n) is 5.89. The van der Waals surface area contributed by atoms with Gasteiger partial charge in [0.2, 0.25) is 11.8 Å². The Bertz CT molecular complexity index is 760. The number of rotatable bonds is 8. The number of thioether (sulfide) groups is 1. The Labute approximate surface area is 185 Å². The first kappa shape index (κ1) is 23.1. The average molecular weight is 433 g/mol. The summed E-state index contributed by atoms with van der Waals surface area (Å²) in [6.45, 7) is 13.3. The number of aromatic nitrogens is 1. The lowest BCUT2D eigenvalue weighted by Crippen LogP contribution is -2.40. The maximum atomic E-state index is 12.4. The Hall–Kier alpha value is -1.60. The Morgan fingerprint density at radius 3 is 2.67 bits per heavy atom. The van der Waals surface area contributed by atoms with E-state index in [1.807, 2.05) is 24.8 Å². The van der Waals surface area contributed by atoms with E-state index in [0.29, 0.717) is 25.1 Å². The number of likely N-dealkylation sites (tertiary alicyclic amines) is 1. The number of nitrogens with one attached hydrogen (secondary N) is 1. The summed E-state index contributed by atoms with van der Waals surface area (Å²) in [6, 6.07) is 2.02. The lowest BCUT2D eigenvalue weighted by molar-refractivity contribution is -0.121. The molecule has 0 saturated carbocycles. The highest BCUT2D eigenvalue weighted by molar-refractivity contribution is 8.00. The lowest BCUT2D eigenvalue weighted by Gasteiger charge is -2.34. The van der Waals surface area contributed by atoms with Gasteiger partial charge >= 0.3 is 0 Å². The number of aryl methyl sites for hydroxylation is 2. The van der Waals surface area contributed by atoms with E-state index in [1.54, 1.807) is 0 Å². The molecule has 2 amide bonds. The van der Waals surface area contributed by atoms with Crippen molar-refractivity contribution in [2.45, 2.75) is 58.4 Å². The van der Waals surface area contributed by atoms with Gasteiger partial charge < -0.3 is 15.1 Å². The summed E-state index contributed by atoms with van der Waals surface area (Å²) in [6.07, 6.45) is 3.42. The molecule has 0 radical (unpaired) electrons. The maximum Gasteiger partial charge on any atom is 0.237 e. The molecule has 2 aliphatic heterocycles. The van der Waals surface area contributed by atoms with Gasteiger partial charge in [0.05, 0.1) is 11.4 Å². The van der Waals surface area contributed by atoms with Gasteiger partial charge in [-0.1, -0.05) is 25.6 Å². The molecule has 3 rings (SSSR count). The van der Waals surface area contributed by atoms with Gasteiger partial charge in [-0.3, -0.25) is 9.59 Å². The van der Waals surface area contributed by atoms with Crippen molar-refractivity contribution in [1.82, 2.24) is 15.2 Å². The SMILES string of the molecule is Cc1cc(C)c2c(n1)SCC(=O)N2CCCC(=O)NCCCN1C[C@H](C)C[C@H](C)C1. The van der Waals surface area contributed by atoms with Crippen LogP contribution in [0.3, 0.4) is 0 Å². The molecule has 2 atom stereocenters. The Kier molecular flexibility index (Phi) is 8.17. The molecule has 6 nitrogen and oxygen atoms in total. The lowest BCUT2D eigenvalue weighted by atomic mass is 9.92. The zero-order chi connectivity index (χ0) is 21.7. The van der Waals surface area contributed by atoms with Crippen LogP contribution in [0.5, 0.6) is 0 Å². The number of amides is 2. The van der Waals surface area contributed by atoms with Crippen LogP contribution in [0.2, 0.25) is 0 Å². The number of pyridine rings is 1. The fourth-order valence-corrected chi connectivity index (χ4v) is 5.82. The summed E-state index contributed by atoms with van der Waals surface area (Å²) in [7, 11) is 0. The van der Waals surface area contributed by atoms with Crippen molar-refractivity contribution in [3.8, 4) is 0 Å². The summed E-state index contributed by atoms with van der Waals surface area (Å²) in [5, 5.41) is 3.97. The Balaban J connectivity index is 1.38. The van der Waals surface area contributed by atoms with Crippen molar-refractivity contribution >= 4 is 29.3 Å². The van der Waals surface area contributed by atoms with Crippen LogP contribution in [-0.2, 0) is 9.59 Å². The van der Waals surface area contributed by atoms with E-state index in [1.165, 1.54) is 31.3 Å². The molecule has 0 unspecified atom stereocenters. The van der Waals surface area contributed by atoms with Gasteiger partial charge in [-0.05, 0) is 63.1 Å². The molecule has 0 bridgehead atoms. The fourth-order valence-electron chi connectivity index (χ4n) is 4.79. The smallest absolute Gasteiger partial charge is 0.237 e. The second-order valence-electron chi connectivity index (χ2n) is 9.08. The summed E-state index contributed by atoms with van der Waals surface area (Å²) >= 11 is 1.51. The summed E-state index contributed by atoms with van der Waals surface area (Å²) in [5.41, 5.74) is 2.97. The molecule has 1 fully saturated rings. The minimum absolute atomic E-state index is 0.0770. The molecule has 1 N–H and O–H groups in total.